The first kappa shape index (κ1) is 32.1. The van der Waals surface area contributed by atoms with Gasteiger partial charge >= 0.3 is 0 Å². The van der Waals surface area contributed by atoms with E-state index in [0.29, 0.717) is 0 Å². The van der Waals surface area contributed by atoms with Gasteiger partial charge in [0.05, 0.1) is 11.6 Å². The van der Waals surface area contributed by atoms with Gasteiger partial charge in [0.15, 0.2) is 0 Å². The lowest BCUT2D eigenvalue weighted by Gasteiger charge is -2.36. The number of hydrogen-bond acceptors (Lipinski definition) is 3. The van der Waals surface area contributed by atoms with Crippen LogP contribution in [0.1, 0.15) is 22.6 Å². The molecule has 8 aromatic carbocycles. The second kappa shape index (κ2) is 13.8. The van der Waals surface area contributed by atoms with Crippen LogP contribution >= 0.6 is 11.8 Å². The summed E-state index contributed by atoms with van der Waals surface area (Å²) in [7, 11) is 0. The monoisotopic (exact) mass is 708 g/mol. The Hall–Kier alpha value is -6.55. The molecule has 256 valence electrons. The van der Waals surface area contributed by atoms with E-state index in [9.17, 15) is 0 Å². The Balaban J connectivity index is 0.983. The number of anilines is 5. The van der Waals surface area contributed by atoms with Crippen molar-refractivity contribution in [3.63, 3.8) is 0 Å². The summed E-state index contributed by atoms with van der Waals surface area (Å²) in [6, 6.07) is 76.7. The fourth-order valence-corrected chi connectivity index (χ4v) is 9.29. The lowest BCUT2D eigenvalue weighted by molar-refractivity contribution is 0.923. The second-order valence-electron chi connectivity index (χ2n) is 13.7. The van der Waals surface area contributed by atoms with Crippen molar-refractivity contribution < 1.29 is 0 Å². The highest BCUT2D eigenvalue weighted by molar-refractivity contribution is 8.08. The zero-order chi connectivity index (χ0) is 35.8. The molecule has 0 aromatic heterocycles. The molecular formula is C51H36N2S. The van der Waals surface area contributed by atoms with E-state index in [1.807, 2.05) is 11.8 Å². The maximum Gasteiger partial charge on any atom is 0.0599 e. The van der Waals surface area contributed by atoms with Crippen molar-refractivity contribution in [1.82, 2.24) is 0 Å². The van der Waals surface area contributed by atoms with E-state index in [1.165, 1.54) is 65.8 Å². The summed E-state index contributed by atoms with van der Waals surface area (Å²) >= 11 is 1.91. The molecule has 0 radical (unpaired) electrons. The Bertz CT molecular complexity index is 2560. The normalized spacial score (nSPS) is 14.3. The van der Waals surface area contributed by atoms with Crippen molar-refractivity contribution in [3.05, 3.63) is 235 Å². The van der Waals surface area contributed by atoms with E-state index in [-0.39, 0.29) is 5.92 Å². The molecule has 3 heteroatoms. The second-order valence-corrected chi connectivity index (χ2v) is 14.8. The third-order valence-corrected chi connectivity index (χ3v) is 11.7. The largest absolute Gasteiger partial charge is 0.311 e. The number of nitrogens with zero attached hydrogens (tertiary/aromatic N) is 2. The number of rotatable bonds is 7. The van der Waals surface area contributed by atoms with Crippen LogP contribution in [-0.2, 0) is 0 Å². The Morgan fingerprint density at radius 3 is 1.54 bits per heavy atom. The Labute approximate surface area is 321 Å². The molecule has 1 heterocycles. The van der Waals surface area contributed by atoms with Crippen molar-refractivity contribution in [2.24, 2.45) is 0 Å². The van der Waals surface area contributed by atoms with Crippen LogP contribution in [0.5, 0.6) is 0 Å². The molecule has 1 aliphatic heterocycles. The summed E-state index contributed by atoms with van der Waals surface area (Å²) in [6.45, 7) is 0. The summed E-state index contributed by atoms with van der Waals surface area (Å²) in [5.74, 6) is 0.152. The molecule has 1 atom stereocenters. The lowest BCUT2D eigenvalue weighted by Crippen LogP contribution is -2.23. The summed E-state index contributed by atoms with van der Waals surface area (Å²) < 4.78 is 0. The molecule has 0 fully saturated rings. The van der Waals surface area contributed by atoms with Gasteiger partial charge in [0, 0.05) is 38.2 Å². The van der Waals surface area contributed by atoms with Gasteiger partial charge in [-0.2, -0.15) is 0 Å². The number of allylic oxidation sites excluding steroid dienone is 1. The Morgan fingerprint density at radius 1 is 0.426 bits per heavy atom. The SMILES string of the molecule is c1ccc(C2C3=C(Sc4cc(-c5ccc(-c6ccc(N(c7ccccc7)c7ccccc7)cc6)cc5)ccc4N3c3ccccc3)c3ccccc32)cc1. The van der Waals surface area contributed by atoms with Crippen LogP contribution in [-0.4, -0.2) is 0 Å². The molecule has 8 aromatic rings. The predicted octanol–water partition coefficient (Wildman–Crippen LogP) is 14.2. The highest BCUT2D eigenvalue weighted by atomic mass is 32.2. The minimum Gasteiger partial charge on any atom is -0.311 e. The van der Waals surface area contributed by atoms with Gasteiger partial charge < -0.3 is 9.80 Å². The minimum absolute atomic E-state index is 0.152. The van der Waals surface area contributed by atoms with Crippen molar-refractivity contribution in [2.75, 3.05) is 9.80 Å². The van der Waals surface area contributed by atoms with Gasteiger partial charge in [-0.25, -0.2) is 0 Å². The van der Waals surface area contributed by atoms with Crippen LogP contribution in [0.4, 0.5) is 28.4 Å². The Kier molecular flexibility index (Phi) is 8.20. The van der Waals surface area contributed by atoms with Crippen molar-refractivity contribution >= 4 is 45.1 Å². The van der Waals surface area contributed by atoms with E-state index >= 15 is 0 Å². The molecule has 0 N–H and O–H groups in total. The van der Waals surface area contributed by atoms with Crippen LogP contribution < -0.4 is 9.80 Å². The molecule has 0 saturated heterocycles. The molecule has 1 unspecified atom stereocenters. The van der Waals surface area contributed by atoms with E-state index < -0.39 is 0 Å². The first-order valence-electron chi connectivity index (χ1n) is 18.5. The molecule has 2 aliphatic rings. The van der Waals surface area contributed by atoms with Crippen molar-refractivity contribution in [2.45, 2.75) is 10.8 Å². The van der Waals surface area contributed by atoms with Crippen LogP contribution in [0.3, 0.4) is 0 Å². The van der Waals surface area contributed by atoms with Gasteiger partial charge in [-0.05, 0) is 99.6 Å². The van der Waals surface area contributed by atoms with Crippen LogP contribution in [0.2, 0.25) is 0 Å². The molecule has 0 amide bonds. The van der Waals surface area contributed by atoms with Gasteiger partial charge in [-0.15, -0.1) is 0 Å². The minimum atomic E-state index is 0.152. The number of para-hydroxylation sites is 3. The number of benzene rings is 8. The standard InChI is InChI=1S/C51H36N2S/c1-5-15-39(16-6-1)49-45-23-13-14-24-46(45)51-50(49)53(43-21-11-4-12-22-43)47-34-31-40(35-48(47)54-51)38-27-25-36(26-28-38)37-29-32-44(33-30-37)52(41-17-7-2-8-18-41)42-19-9-3-10-20-42/h1-35,49H. The average molecular weight is 709 g/mol. The molecule has 10 rings (SSSR count). The third-order valence-electron chi connectivity index (χ3n) is 10.5. The van der Waals surface area contributed by atoms with Crippen LogP contribution in [0, 0.1) is 0 Å². The number of thioether (sulfide) groups is 1. The zero-order valence-electron chi connectivity index (χ0n) is 29.6. The lowest BCUT2D eigenvalue weighted by atomic mass is 9.90. The van der Waals surface area contributed by atoms with Crippen LogP contribution in [0.25, 0.3) is 27.2 Å². The highest BCUT2D eigenvalue weighted by Crippen LogP contribution is 2.60. The predicted molar refractivity (Wildman–Crippen MR) is 228 cm³/mol. The van der Waals surface area contributed by atoms with Gasteiger partial charge in [0.2, 0.25) is 0 Å². The first-order valence-corrected chi connectivity index (χ1v) is 19.3. The van der Waals surface area contributed by atoms with Gasteiger partial charge in [0.1, 0.15) is 0 Å². The first-order chi connectivity index (χ1) is 26.8. The molecule has 54 heavy (non-hydrogen) atoms. The highest BCUT2D eigenvalue weighted by Gasteiger charge is 2.40. The molecular weight excluding hydrogens is 673 g/mol. The smallest absolute Gasteiger partial charge is 0.0599 e. The summed E-state index contributed by atoms with van der Waals surface area (Å²) in [5.41, 5.74) is 16.0. The van der Waals surface area contributed by atoms with Crippen molar-refractivity contribution in [3.8, 4) is 22.3 Å². The summed E-state index contributed by atoms with van der Waals surface area (Å²) in [4.78, 5) is 7.40. The maximum absolute atomic E-state index is 2.51. The number of hydrogen-bond donors (Lipinski definition) is 0. The molecule has 1 aliphatic carbocycles. The van der Waals surface area contributed by atoms with Gasteiger partial charge in [-0.1, -0.05) is 163 Å². The van der Waals surface area contributed by atoms with E-state index in [1.54, 1.807) is 0 Å². The quantitative estimate of drug-likeness (QED) is 0.163. The van der Waals surface area contributed by atoms with E-state index in [2.05, 4.69) is 222 Å². The summed E-state index contributed by atoms with van der Waals surface area (Å²) in [5, 5.41) is 0. The van der Waals surface area contributed by atoms with Gasteiger partial charge in [0.25, 0.3) is 0 Å². The molecule has 0 spiro atoms. The van der Waals surface area contributed by atoms with Crippen LogP contribution in [0.15, 0.2) is 223 Å². The van der Waals surface area contributed by atoms with Crippen molar-refractivity contribution in [1.29, 1.82) is 0 Å². The molecule has 0 bridgehead atoms. The third kappa shape index (κ3) is 5.71. The topological polar surface area (TPSA) is 6.48 Å². The van der Waals surface area contributed by atoms with Gasteiger partial charge in [-0.3, -0.25) is 0 Å². The molecule has 2 nitrogen and oxygen atoms in total. The van der Waals surface area contributed by atoms with E-state index in [0.717, 1.165) is 17.1 Å². The zero-order valence-corrected chi connectivity index (χ0v) is 30.4. The fourth-order valence-electron chi connectivity index (χ4n) is 8.01. The Morgan fingerprint density at radius 2 is 0.907 bits per heavy atom. The van der Waals surface area contributed by atoms with E-state index in [4.69, 9.17) is 0 Å². The molecule has 0 saturated carbocycles. The fraction of sp³-hybridized carbons (Fsp3) is 0.0196. The maximum atomic E-state index is 2.51. The number of fused-ring (bicyclic) bond motifs is 3. The summed E-state index contributed by atoms with van der Waals surface area (Å²) in [6.07, 6.45) is 0. The average Bonchev–Trinajstić information content (AvgIpc) is 3.58.